The number of carbonyl (C=O) groups excluding carboxylic acids is 1. The quantitative estimate of drug-likeness (QED) is 0.632. The first-order valence-corrected chi connectivity index (χ1v) is 6.47. The van der Waals surface area contributed by atoms with Crippen molar-refractivity contribution in [3.05, 3.63) is 23.4 Å². The third-order valence-electron chi connectivity index (χ3n) is 2.34. The van der Waals surface area contributed by atoms with E-state index in [2.05, 4.69) is 9.72 Å². The van der Waals surface area contributed by atoms with Gasteiger partial charge in [-0.05, 0) is 12.1 Å². The van der Waals surface area contributed by atoms with E-state index in [1.165, 1.54) is 7.11 Å². The molecule has 1 aromatic rings. The summed E-state index contributed by atoms with van der Waals surface area (Å²) in [6.45, 7) is 1.58. The molecule has 0 aliphatic carbocycles. The molecule has 0 spiro atoms. The number of hydrogen-bond donors (Lipinski definition) is 0. The monoisotopic (exact) mass is 304 g/mol. The van der Waals surface area contributed by atoms with Gasteiger partial charge in [0, 0.05) is 5.75 Å². The average Bonchev–Trinajstić information content (AvgIpc) is 2.42. The van der Waals surface area contributed by atoms with E-state index in [1.54, 1.807) is 13.0 Å². The zero-order chi connectivity index (χ0) is 15.3. The van der Waals surface area contributed by atoms with Crippen molar-refractivity contribution in [2.75, 3.05) is 12.9 Å². The van der Waals surface area contributed by atoms with Crippen LogP contribution in [-0.2, 0) is 15.7 Å². The first kappa shape index (κ1) is 16.3. The largest absolute Gasteiger partial charge is 0.469 e. The number of nitrogens with zero attached hydrogens (tertiary/aromatic N) is 2. The van der Waals surface area contributed by atoms with Crippen LogP contribution in [0.1, 0.15) is 18.2 Å². The second-order valence-corrected chi connectivity index (χ2v) is 4.90. The highest BCUT2D eigenvalue weighted by molar-refractivity contribution is 7.99. The molecule has 0 aliphatic heterocycles. The molecule has 108 valence electrons. The number of ether oxygens (including phenoxy) is 1. The molecule has 0 amide bonds. The molecule has 0 bridgehead atoms. The molecule has 0 aliphatic rings. The number of halogens is 3. The Kier molecular flexibility index (Phi) is 5.39. The van der Waals surface area contributed by atoms with Gasteiger partial charge in [0.2, 0.25) is 0 Å². The Labute approximate surface area is 117 Å². The molecule has 0 aromatic carbocycles. The molecular formula is C12H11F3N2O2S. The molecule has 8 heteroatoms. The molecule has 4 nitrogen and oxygen atoms in total. The smallest absolute Gasteiger partial charge is 0.433 e. The Hall–Kier alpha value is -1.75. The summed E-state index contributed by atoms with van der Waals surface area (Å²) in [5.41, 5.74) is -1.02. The number of esters is 1. The zero-order valence-electron chi connectivity index (χ0n) is 10.7. The Bertz CT molecular complexity index is 540. The zero-order valence-corrected chi connectivity index (χ0v) is 11.5. The highest BCUT2D eigenvalue weighted by Gasteiger charge is 2.33. The van der Waals surface area contributed by atoms with Crippen LogP contribution in [0.2, 0.25) is 0 Å². The molecule has 0 radical (unpaired) electrons. The van der Waals surface area contributed by atoms with E-state index in [1.807, 2.05) is 0 Å². The number of alkyl halides is 3. The van der Waals surface area contributed by atoms with Gasteiger partial charge in [-0.1, -0.05) is 6.92 Å². The summed E-state index contributed by atoms with van der Waals surface area (Å²) in [6, 6.07) is 3.60. The number of rotatable bonds is 4. The van der Waals surface area contributed by atoms with Gasteiger partial charge >= 0.3 is 12.1 Å². The fourth-order valence-electron chi connectivity index (χ4n) is 1.27. The lowest BCUT2D eigenvalue weighted by atomic mass is 10.2. The molecule has 0 fully saturated rings. The van der Waals surface area contributed by atoms with Crippen LogP contribution in [0.15, 0.2) is 17.2 Å². The summed E-state index contributed by atoms with van der Waals surface area (Å²) in [5, 5.41) is 8.81. The Morgan fingerprint density at radius 2 is 2.20 bits per heavy atom. The van der Waals surface area contributed by atoms with E-state index in [4.69, 9.17) is 5.26 Å². The number of aromatic nitrogens is 1. The normalized spacial score (nSPS) is 12.6. The minimum atomic E-state index is -4.57. The SMILES string of the molecule is COC(=O)C(C)CSc1nc(C(F)(F)F)ccc1C#N. The highest BCUT2D eigenvalue weighted by Crippen LogP contribution is 2.31. The fourth-order valence-corrected chi connectivity index (χ4v) is 2.24. The van der Waals surface area contributed by atoms with Gasteiger partial charge in [-0.2, -0.15) is 18.4 Å². The minimum absolute atomic E-state index is 0.0417. The molecule has 1 heterocycles. The predicted molar refractivity (Wildman–Crippen MR) is 65.9 cm³/mol. The number of carbonyl (C=O) groups is 1. The van der Waals surface area contributed by atoms with Gasteiger partial charge in [-0.25, -0.2) is 4.98 Å². The van der Waals surface area contributed by atoms with Gasteiger partial charge in [0.15, 0.2) is 0 Å². The van der Waals surface area contributed by atoms with E-state index < -0.39 is 23.8 Å². The maximum atomic E-state index is 12.6. The standard InChI is InChI=1S/C12H11F3N2O2S/c1-7(11(18)19-2)6-20-10-8(5-16)3-4-9(17-10)12(13,14)15/h3-4,7H,6H2,1-2H3. The van der Waals surface area contributed by atoms with Crippen molar-refractivity contribution in [2.24, 2.45) is 5.92 Å². The van der Waals surface area contributed by atoms with Gasteiger partial charge in [0.25, 0.3) is 0 Å². The lowest BCUT2D eigenvalue weighted by molar-refractivity contribution is -0.144. The predicted octanol–water partition coefficient (Wildman–Crippen LogP) is 2.87. The summed E-state index contributed by atoms with van der Waals surface area (Å²) in [5.74, 6) is -0.800. The third-order valence-corrected chi connectivity index (χ3v) is 3.60. The highest BCUT2D eigenvalue weighted by atomic mass is 32.2. The van der Waals surface area contributed by atoms with E-state index >= 15 is 0 Å². The van der Waals surface area contributed by atoms with Crippen LogP contribution in [0.3, 0.4) is 0 Å². The lowest BCUT2D eigenvalue weighted by Crippen LogP contribution is -2.15. The van der Waals surface area contributed by atoms with Gasteiger partial charge < -0.3 is 4.74 Å². The van der Waals surface area contributed by atoms with Gasteiger partial charge in [0.05, 0.1) is 18.6 Å². The molecule has 20 heavy (non-hydrogen) atoms. The summed E-state index contributed by atoms with van der Waals surface area (Å²) < 4.78 is 42.2. The summed E-state index contributed by atoms with van der Waals surface area (Å²) >= 11 is 0.919. The number of thioether (sulfide) groups is 1. The van der Waals surface area contributed by atoms with E-state index in [9.17, 15) is 18.0 Å². The van der Waals surface area contributed by atoms with Crippen molar-refractivity contribution in [3.63, 3.8) is 0 Å². The number of hydrogen-bond acceptors (Lipinski definition) is 5. The van der Waals surface area contributed by atoms with Crippen LogP contribution in [0, 0.1) is 17.2 Å². The van der Waals surface area contributed by atoms with Crippen LogP contribution in [-0.4, -0.2) is 23.8 Å². The Morgan fingerprint density at radius 3 is 2.70 bits per heavy atom. The van der Waals surface area contributed by atoms with Gasteiger partial charge in [-0.3, -0.25) is 4.79 Å². The van der Waals surface area contributed by atoms with Crippen LogP contribution < -0.4 is 0 Å². The maximum Gasteiger partial charge on any atom is 0.433 e. The molecule has 1 rings (SSSR count). The maximum absolute atomic E-state index is 12.6. The van der Waals surface area contributed by atoms with Gasteiger partial charge in [0.1, 0.15) is 16.8 Å². The number of pyridine rings is 1. The molecule has 0 saturated heterocycles. The fraction of sp³-hybridized carbons (Fsp3) is 0.417. The second-order valence-electron chi connectivity index (χ2n) is 3.89. The van der Waals surface area contributed by atoms with Crippen molar-refractivity contribution in [1.29, 1.82) is 5.26 Å². The number of nitriles is 1. The van der Waals surface area contributed by atoms with Crippen molar-refractivity contribution >= 4 is 17.7 Å². The molecule has 0 N–H and O–H groups in total. The molecule has 1 unspecified atom stereocenters. The van der Waals surface area contributed by atoms with E-state index in [0.29, 0.717) is 0 Å². The molecule has 1 atom stereocenters. The lowest BCUT2D eigenvalue weighted by Gasteiger charge is -2.11. The summed E-state index contributed by atoms with van der Waals surface area (Å²) in [4.78, 5) is 14.6. The third kappa shape index (κ3) is 4.13. The van der Waals surface area contributed by atoms with Crippen LogP contribution >= 0.6 is 11.8 Å². The summed E-state index contributed by atoms with van der Waals surface area (Å²) in [7, 11) is 1.23. The first-order chi connectivity index (χ1) is 9.29. The van der Waals surface area contributed by atoms with Gasteiger partial charge in [-0.15, -0.1) is 11.8 Å². The number of methoxy groups -OCH3 is 1. The Morgan fingerprint density at radius 1 is 1.55 bits per heavy atom. The Balaban J connectivity index is 2.93. The van der Waals surface area contributed by atoms with E-state index in [-0.39, 0.29) is 16.3 Å². The van der Waals surface area contributed by atoms with Crippen LogP contribution in [0.5, 0.6) is 0 Å². The van der Waals surface area contributed by atoms with Crippen LogP contribution in [0.4, 0.5) is 13.2 Å². The van der Waals surface area contributed by atoms with Crippen molar-refractivity contribution < 1.29 is 22.7 Å². The molecule has 0 saturated carbocycles. The summed E-state index contributed by atoms with van der Waals surface area (Å²) in [6.07, 6.45) is -4.57. The van der Waals surface area contributed by atoms with Crippen molar-refractivity contribution in [1.82, 2.24) is 4.98 Å². The van der Waals surface area contributed by atoms with E-state index in [0.717, 1.165) is 23.9 Å². The minimum Gasteiger partial charge on any atom is -0.469 e. The van der Waals surface area contributed by atoms with Crippen molar-refractivity contribution in [3.8, 4) is 6.07 Å². The second kappa shape index (κ2) is 6.61. The first-order valence-electron chi connectivity index (χ1n) is 5.48. The average molecular weight is 304 g/mol. The molecule has 1 aromatic heterocycles. The van der Waals surface area contributed by atoms with Crippen LogP contribution in [0.25, 0.3) is 0 Å². The van der Waals surface area contributed by atoms with Crippen molar-refractivity contribution in [2.45, 2.75) is 18.1 Å². The topological polar surface area (TPSA) is 63.0 Å². The molecular weight excluding hydrogens is 293 g/mol.